The van der Waals surface area contributed by atoms with Gasteiger partial charge in [-0.3, -0.25) is 4.79 Å². The predicted octanol–water partition coefficient (Wildman–Crippen LogP) is 0.683. The first kappa shape index (κ1) is 12.9. The molecule has 18 heavy (non-hydrogen) atoms. The molecule has 2 rings (SSSR count). The molecule has 98 valence electrons. The number of nitrogens with one attached hydrogen (secondary N) is 2. The molecule has 0 radical (unpaired) electrons. The van der Waals surface area contributed by atoms with Gasteiger partial charge in [0.15, 0.2) is 11.6 Å². The smallest absolute Gasteiger partial charge is 0.251 e. The summed E-state index contributed by atoms with van der Waals surface area (Å²) >= 11 is 0. The predicted molar refractivity (Wildman–Crippen MR) is 61.3 cm³/mol. The number of ether oxygens (including phenoxy) is 1. The Morgan fingerprint density at radius 2 is 2.28 bits per heavy atom. The lowest BCUT2D eigenvalue weighted by Gasteiger charge is -2.23. The van der Waals surface area contributed by atoms with Gasteiger partial charge in [-0.25, -0.2) is 8.78 Å². The van der Waals surface area contributed by atoms with Gasteiger partial charge in [-0.2, -0.15) is 0 Å². The van der Waals surface area contributed by atoms with Crippen LogP contribution in [0.5, 0.6) is 0 Å². The van der Waals surface area contributed by atoms with Crippen LogP contribution in [0.25, 0.3) is 0 Å². The van der Waals surface area contributed by atoms with Gasteiger partial charge in [-0.05, 0) is 18.2 Å². The minimum absolute atomic E-state index is 0.0491. The average molecular weight is 256 g/mol. The van der Waals surface area contributed by atoms with E-state index >= 15 is 0 Å². The van der Waals surface area contributed by atoms with Crippen molar-refractivity contribution in [2.45, 2.75) is 6.04 Å². The van der Waals surface area contributed by atoms with Crippen LogP contribution in [-0.2, 0) is 4.74 Å². The normalized spacial score (nSPS) is 19.6. The summed E-state index contributed by atoms with van der Waals surface area (Å²) in [6, 6.07) is 3.12. The van der Waals surface area contributed by atoms with Crippen LogP contribution in [0.4, 0.5) is 8.78 Å². The van der Waals surface area contributed by atoms with Crippen LogP contribution in [0, 0.1) is 11.6 Å². The third-order valence-electron chi connectivity index (χ3n) is 2.69. The summed E-state index contributed by atoms with van der Waals surface area (Å²) < 4.78 is 30.9. The molecule has 4 nitrogen and oxygen atoms in total. The molecular weight excluding hydrogens is 242 g/mol. The topological polar surface area (TPSA) is 50.4 Å². The number of carbonyl (C=O) groups excluding carboxylic acids is 1. The minimum atomic E-state index is -1.03. The number of morpholine rings is 1. The third-order valence-corrected chi connectivity index (χ3v) is 2.69. The molecule has 1 amide bonds. The van der Waals surface area contributed by atoms with Crippen LogP contribution in [-0.4, -0.2) is 38.3 Å². The summed E-state index contributed by atoms with van der Waals surface area (Å²) in [4.78, 5) is 11.7. The molecule has 2 N–H and O–H groups in total. The molecule has 0 bridgehead atoms. The summed E-state index contributed by atoms with van der Waals surface area (Å²) in [6.45, 7) is 2.31. The zero-order valence-corrected chi connectivity index (χ0v) is 9.71. The molecule has 1 atom stereocenters. The first-order valence-corrected chi connectivity index (χ1v) is 5.71. The van der Waals surface area contributed by atoms with Crippen molar-refractivity contribution in [1.29, 1.82) is 0 Å². The maximum Gasteiger partial charge on any atom is 0.251 e. The van der Waals surface area contributed by atoms with Gasteiger partial charge in [-0.1, -0.05) is 0 Å². The van der Waals surface area contributed by atoms with E-state index < -0.39 is 17.5 Å². The molecule has 1 aromatic rings. The number of halogens is 2. The van der Waals surface area contributed by atoms with Gasteiger partial charge in [-0.15, -0.1) is 0 Å². The standard InChI is InChI=1S/C12H14F2N2O2/c13-10-2-1-8(5-11(10)14)12(17)16-6-9-7-18-4-3-15-9/h1-2,5,9,15H,3-4,6-7H2,(H,16,17). The highest BCUT2D eigenvalue weighted by atomic mass is 19.2. The first-order valence-electron chi connectivity index (χ1n) is 5.71. The zero-order valence-electron chi connectivity index (χ0n) is 9.71. The molecular formula is C12H14F2N2O2. The lowest BCUT2D eigenvalue weighted by molar-refractivity contribution is 0.0734. The van der Waals surface area contributed by atoms with Gasteiger partial charge in [0.2, 0.25) is 0 Å². The van der Waals surface area contributed by atoms with E-state index in [0.717, 1.165) is 18.7 Å². The summed E-state index contributed by atoms with van der Waals surface area (Å²) in [5, 5.41) is 5.82. The molecule has 1 heterocycles. The summed E-state index contributed by atoms with van der Waals surface area (Å²) in [7, 11) is 0. The van der Waals surface area contributed by atoms with Crippen molar-refractivity contribution in [1.82, 2.24) is 10.6 Å². The average Bonchev–Trinajstić information content (AvgIpc) is 2.40. The Kier molecular flexibility index (Phi) is 4.22. The van der Waals surface area contributed by atoms with Crippen molar-refractivity contribution < 1.29 is 18.3 Å². The molecule has 1 aliphatic heterocycles. The van der Waals surface area contributed by atoms with E-state index in [1.54, 1.807) is 0 Å². The third kappa shape index (κ3) is 3.24. The van der Waals surface area contributed by atoms with Gasteiger partial charge in [0.05, 0.1) is 13.2 Å². The highest BCUT2D eigenvalue weighted by molar-refractivity contribution is 5.94. The largest absolute Gasteiger partial charge is 0.378 e. The van der Waals surface area contributed by atoms with Crippen molar-refractivity contribution in [3.8, 4) is 0 Å². The quantitative estimate of drug-likeness (QED) is 0.836. The lowest BCUT2D eigenvalue weighted by atomic mass is 10.2. The second-order valence-electron chi connectivity index (χ2n) is 4.06. The summed E-state index contributed by atoms with van der Waals surface area (Å²) in [5.74, 6) is -2.42. The highest BCUT2D eigenvalue weighted by Crippen LogP contribution is 2.08. The Labute approximate surface area is 103 Å². The number of hydrogen-bond acceptors (Lipinski definition) is 3. The van der Waals surface area contributed by atoms with Crippen molar-refractivity contribution in [3.63, 3.8) is 0 Å². The van der Waals surface area contributed by atoms with Crippen molar-refractivity contribution >= 4 is 5.91 Å². The molecule has 0 aromatic heterocycles. The number of carbonyl (C=O) groups is 1. The Hall–Kier alpha value is -1.53. The molecule has 0 saturated carbocycles. The second kappa shape index (κ2) is 5.88. The van der Waals surface area contributed by atoms with Crippen molar-refractivity contribution in [2.24, 2.45) is 0 Å². The minimum Gasteiger partial charge on any atom is -0.378 e. The van der Waals surface area contributed by atoms with Gasteiger partial charge in [0, 0.05) is 24.7 Å². The molecule has 1 aliphatic rings. The molecule has 1 saturated heterocycles. The Balaban J connectivity index is 1.88. The zero-order chi connectivity index (χ0) is 13.0. The van der Waals surface area contributed by atoms with Crippen LogP contribution in [0.1, 0.15) is 10.4 Å². The number of amides is 1. The Bertz CT molecular complexity index is 434. The molecule has 1 fully saturated rings. The first-order chi connectivity index (χ1) is 8.66. The van der Waals surface area contributed by atoms with E-state index in [9.17, 15) is 13.6 Å². The van der Waals surface area contributed by atoms with Crippen LogP contribution < -0.4 is 10.6 Å². The van der Waals surface area contributed by atoms with E-state index in [0.29, 0.717) is 19.8 Å². The maximum absolute atomic E-state index is 12.9. The second-order valence-corrected chi connectivity index (χ2v) is 4.06. The fraction of sp³-hybridized carbons (Fsp3) is 0.417. The van der Waals surface area contributed by atoms with Crippen LogP contribution in [0.2, 0.25) is 0 Å². The van der Waals surface area contributed by atoms with Crippen LogP contribution in [0.15, 0.2) is 18.2 Å². The molecule has 1 unspecified atom stereocenters. The highest BCUT2D eigenvalue weighted by Gasteiger charge is 2.15. The van der Waals surface area contributed by atoms with E-state index in [1.165, 1.54) is 6.07 Å². The molecule has 6 heteroatoms. The van der Waals surface area contributed by atoms with E-state index in [2.05, 4.69) is 10.6 Å². The van der Waals surface area contributed by atoms with E-state index in [-0.39, 0.29) is 11.6 Å². The van der Waals surface area contributed by atoms with Crippen LogP contribution >= 0.6 is 0 Å². The fourth-order valence-corrected chi connectivity index (χ4v) is 1.71. The van der Waals surface area contributed by atoms with Gasteiger partial charge < -0.3 is 15.4 Å². The molecule has 0 aliphatic carbocycles. The van der Waals surface area contributed by atoms with E-state index in [1.807, 2.05) is 0 Å². The lowest BCUT2D eigenvalue weighted by Crippen LogP contribution is -2.48. The Morgan fingerprint density at radius 3 is 2.94 bits per heavy atom. The SMILES string of the molecule is O=C(NCC1COCCN1)c1ccc(F)c(F)c1. The van der Waals surface area contributed by atoms with E-state index in [4.69, 9.17) is 4.74 Å². The van der Waals surface area contributed by atoms with Crippen molar-refractivity contribution in [3.05, 3.63) is 35.4 Å². The molecule has 1 aromatic carbocycles. The van der Waals surface area contributed by atoms with Gasteiger partial charge >= 0.3 is 0 Å². The Morgan fingerprint density at radius 1 is 1.44 bits per heavy atom. The summed E-state index contributed by atoms with van der Waals surface area (Å²) in [6.07, 6.45) is 0. The van der Waals surface area contributed by atoms with Gasteiger partial charge in [0.25, 0.3) is 5.91 Å². The fourth-order valence-electron chi connectivity index (χ4n) is 1.71. The number of benzene rings is 1. The number of rotatable bonds is 3. The molecule has 0 spiro atoms. The monoisotopic (exact) mass is 256 g/mol. The van der Waals surface area contributed by atoms with Gasteiger partial charge in [0.1, 0.15) is 0 Å². The maximum atomic E-state index is 12.9. The number of hydrogen-bond donors (Lipinski definition) is 2. The van der Waals surface area contributed by atoms with Crippen LogP contribution in [0.3, 0.4) is 0 Å². The summed E-state index contributed by atoms with van der Waals surface area (Å²) in [5.41, 5.74) is 0.102. The van der Waals surface area contributed by atoms with Crippen molar-refractivity contribution in [2.75, 3.05) is 26.3 Å².